The molecular weight excluding hydrogens is 276 g/mol. The minimum absolute atomic E-state index is 0.213. The van der Waals surface area contributed by atoms with Crippen molar-refractivity contribution in [3.05, 3.63) is 29.8 Å². The van der Waals surface area contributed by atoms with E-state index in [1.54, 1.807) is 31.4 Å². The third kappa shape index (κ3) is 2.88. The molecule has 112 valence electrons. The summed E-state index contributed by atoms with van der Waals surface area (Å²) in [5.41, 5.74) is 5.89. The zero-order valence-corrected chi connectivity index (χ0v) is 12.8. The Balaban J connectivity index is 2.35. The molecular formula is C14H22N2O3S. The predicted molar refractivity (Wildman–Crippen MR) is 77.7 cm³/mol. The van der Waals surface area contributed by atoms with Crippen LogP contribution in [0, 0.1) is 0 Å². The lowest BCUT2D eigenvalue weighted by Gasteiger charge is -2.38. The number of ether oxygens (including phenoxy) is 1. The summed E-state index contributed by atoms with van der Waals surface area (Å²) in [6.45, 7) is 3.07. The summed E-state index contributed by atoms with van der Waals surface area (Å²) in [5, 5.41) is 0. The summed E-state index contributed by atoms with van der Waals surface area (Å²) < 4.78 is 32.5. The van der Waals surface area contributed by atoms with E-state index in [4.69, 9.17) is 10.5 Å². The SMILES string of the molecule is COC1(C)CCCN(S(=O)(=O)c2ccccc2CN)C1. The van der Waals surface area contributed by atoms with Crippen molar-refractivity contribution < 1.29 is 13.2 Å². The maximum Gasteiger partial charge on any atom is 0.243 e. The molecule has 6 heteroatoms. The zero-order chi connectivity index (χ0) is 14.8. The van der Waals surface area contributed by atoms with Crippen LogP contribution in [0.5, 0.6) is 0 Å². The van der Waals surface area contributed by atoms with Gasteiger partial charge in [0.25, 0.3) is 0 Å². The molecule has 1 aromatic carbocycles. The number of nitrogens with zero attached hydrogens (tertiary/aromatic N) is 1. The van der Waals surface area contributed by atoms with E-state index >= 15 is 0 Å². The van der Waals surface area contributed by atoms with Crippen LogP contribution in [0.4, 0.5) is 0 Å². The van der Waals surface area contributed by atoms with Crippen LogP contribution in [0.25, 0.3) is 0 Å². The number of rotatable bonds is 4. The molecule has 1 fully saturated rings. The van der Waals surface area contributed by atoms with Crippen molar-refractivity contribution in [2.45, 2.75) is 36.8 Å². The van der Waals surface area contributed by atoms with Crippen molar-refractivity contribution in [1.29, 1.82) is 0 Å². The Hall–Kier alpha value is -0.950. The molecule has 1 atom stereocenters. The van der Waals surface area contributed by atoms with Crippen molar-refractivity contribution in [1.82, 2.24) is 4.31 Å². The molecule has 5 nitrogen and oxygen atoms in total. The van der Waals surface area contributed by atoms with Gasteiger partial charge >= 0.3 is 0 Å². The number of methoxy groups -OCH3 is 1. The first-order chi connectivity index (χ1) is 9.43. The summed E-state index contributed by atoms with van der Waals surface area (Å²) in [6.07, 6.45) is 1.67. The number of nitrogens with two attached hydrogens (primary N) is 1. The van der Waals surface area contributed by atoms with Crippen molar-refractivity contribution in [2.24, 2.45) is 5.73 Å². The highest BCUT2D eigenvalue weighted by molar-refractivity contribution is 7.89. The van der Waals surface area contributed by atoms with E-state index in [1.807, 2.05) is 6.92 Å². The molecule has 0 aromatic heterocycles. The molecule has 0 bridgehead atoms. The molecule has 2 rings (SSSR count). The molecule has 0 saturated carbocycles. The molecule has 20 heavy (non-hydrogen) atoms. The van der Waals surface area contributed by atoms with Gasteiger partial charge in [0.05, 0.1) is 10.5 Å². The van der Waals surface area contributed by atoms with E-state index in [9.17, 15) is 8.42 Å². The maximum atomic E-state index is 12.8. The smallest absolute Gasteiger partial charge is 0.243 e. The minimum atomic E-state index is -3.51. The fourth-order valence-corrected chi connectivity index (χ4v) is 4.42. The van der Waals surface area contributed by atoms with Crippen LogP contribution in [-0.4, -0.2) is 38.5 Å². The van der Waals surface area contributed by atoms with Crippen LogP contribution in [0.1, 0.15) is 25.3 Å². The van der Waals surface area contributed by atoms with Crippen LogP contribution in [-0.2, 0) is 21.3 Å². The standard InChI is InChI=1S/C14H22N2O3S/c1-14(19-2)8-5-9-16(11-14)20(17,18)13-7-4-3-6-12(13)10-15/h3-4,6-7H,5,8-11,15H2,1-2H3. The molecule has 0 amide bonds. The first kappa shape index (κ1) is 15.4. The Morgan fingerprint density at radius 2 is 2.10 bits per heavy atom. The van der Waals surface area contributed by atoms with E-state index in [2.05, 4.69) is 0 Å². The van der Waals surface area contributed by atoms with Crippen LogP contribution in [0.3, 0.4) is 0 Å². The van der Waals surface area contributed by atoms with Crippen molar-refractivity contribution in [2.75, 3.05) is 20.2 Å². The maximum absolute atomic E-state index is 12.8. The third-order valence-corrected chi connectivity index (χ3v) is 5.87. The van der Waals surface area contributed by atoms with Crippen LogP contribution in [0.2, 0.25) is 0 Å². The fourth-order valence-electron chi connectivity index (χ4n) is 2.60. The largest absolute Gasteiger partial charge is 0.377 e. The molecule has 0 radical (unpaired) electrons. The highest BCUT2D eigenvalue weighted by atomic mass is 32.2. The monoisotopic (exact) mass is 298 g/mol. The van der Waals surface area contributed by atoms with Gasteiger partial charge in [-0.2, -0.15) is 4.31 Å². The van der Waals surface area contributed by atoms with Gasteiger partial charge in [-0.3, -0.25) is 0 Å². The molecule has 0 aliphatic carbocycles. The van der Waals surface area contributed by atoms with Gasteiger partial charge in [0.1, 0.15) is 0 Å². The highest BCUT2D eigenvalue weighted by Gasteiger charge is 2.37. The van der Waals surface area contributed by atoms with Gasteiger partial charge in [0.15, 0.2) is 0 Å². The van der Waals surface area contributed by atoms with Gasteiger partial charge < -0.3 is 10.5 Å². The quantitative estimate of drug-likeness (QED) is 0.910. The second kappa shape index (κ2) is 5.81. The summed E-state index contributed by atoms with van der Waals surface area (Å²) >= 11 is 0. The molecule has 1 heterocycles. The fraction of sp³-hybridized carbons (Fsp3) is 0.571. The molecule has 1 aromatic rings. The molecule has 1 unspecified atom stereocenters. The van der Waals surface area contributed by atoms with Gasteiger partial charge in [0, 0.05) is 26.7 Å². The van der Waals surface area contributed by atoms with E-state index in [0.717, 1.165) is 12.8 Å². The van der Waals surface area contributed by atoms with E-state index in [1.165, 1.54) is 4.31 Å². The van der Waals surface area contributed by atoms with Gasteiger partial charge in [-0.05, 0) is 31.4 Å². The normalized spacial score (nSPS) is 24.8. The summed E-state index contributed by atoms with van der Waals surface area (Å²) in [4.78, 5) is 0.308. The van der Waals surface area contributed by atoms with E-state index in [0.29, 0.717) is 23.5 Å². The average Bonchev–Trinajstić information content (AvgIpc) is 2.47. The minimum Gasteiger partial charge on any atom is -0.377 e. The molecule has 1 aliphatic rings. The Labute approximate surface area is 120 Å². The van der Waals surface area contributed by atoms with Gasteiger partial charge in [0.2, 0.25) is 10.0 Å². The Kier molecular flexibility index (Phi) is 4.49. The first-order valence-electron chi connectivity index (χ1n) is 6.76. The zero-order valence-electron chi connectivity index (χ0n) is 12.0. The van der Waals surface area contributed by atoms with E-state index < -0.39 is 15.6 Å². The molecule has 2 N–H and O–H groups in total. The second-order valence-corrected chi connectivity index (χ2v) is 7.31. The molecule has 1 aliphatic heterocycles. The molecule has 1 saturated heterocycles. The lowest BCUT2D eigenvalue weighted by atomic mass is 9.96. The van der Waals surface area contributed by atoms with E-state index in [-0.39, 0.29) is 6.54 Å². The van der Waals surface area contributed by atoms with Gasteiger partial charge in [-0.1, -0.05) is 18.2 Å². The lowest BCUT2D eigenvalue weighted by Crippen LogP contribution is -2.49. The summed E-state index contributed by atoms with van der Waals surface area (Å²) in [6, 6.07) is 6.91. The van der Waals surface area contributed by atoms with Crippen molar-refractivity contribution >= 4 is 10.0 Å². The number of hydrogen-bond donors (Lipinski definition) is 1. The second-order valence-electron chi connectivity index (χ2n) is 5.41. The Morgan fingerprint density at radius 3 is 2.75 bits per heavy atom. The number of hydrogen-bond acceptors (Lipinski definition) is 4. The van der Waals surface area contributed by atoms with Crippen molar-refractivity contribution in [3.8, 4) is 0 Å². The Bertz CT molecular complexity index is 574. The number of piperidine rings is 1. The van der Waals surface area contributed by atoms with Crippen LogP contribution in [0.15, 0.2) is 29.2 Å². The summed E-state index contributed by atoms with van der Waals surface area (Å²) in [7, 11) is -1.88. The highest BCUT2D eigenvalue weighted by Crippen LogP contribution is 2.29. The lowest BCUT2D eigenvalue weighted by molar-refractivity contribution is -0.0319. The average molecular weight is 298 g/mol. The number of sulfonamides is 1. The van der Waals surface area contributed by atoms with Crippen LogP contribution < -0.4 is 5.73 Å². The number of benzene rings is 1. The Morgan fingerprint density at radius 1 is 1.40 bits per heavy atom. The topological polar surface area (TPSA) is 72.6 Å². The van der Waals surface area contributed by atoms with Gasteiger partial charge in [-0.15, -0.1) is 0 Å². The summed E-state index contributed by atoms with van der Waals surface area (Å²) in [5.74, 6) is 0. The van der Waals surface area contributed by atoms with Crippen molar-refractivity contribution in [3.63, 3.8) is 0 Å². The van der Waals surface area contributed by atoms with Gasteiger partial charge in [-0.25, -0.2) is 8.42 Å². The predicted octanol–water partition coefficient (Wildman–Crippen LogP) is 1.33. The first-order valence-corrected chi connectivity index (χ1v) is 8.20. The molecule has 0 spiro atoms. The van der Waals surface area contributed by atoms with Crippen LogP contribution >= 0.6 is 0 Å². The third-order valence-electron chi connectivity index (χ3n) is 3.93.